The predicted octanol–water partition coefficient (Wildman–Crippen LogP) is 1.75. The van der Waals surface area contributed by atoms with Crippen LogP contribution >= 0.6 is 11.3 Å². The van der Waals surface area contributed by atoms with E-state index in [-0.39, 0.29) is 6.04 Å². The van der Waals surface area contributed by atoms with E-state index >= 15 is 0 Å². The van der Waals surface area contributed by atoms with Gasteiger partial charge in [0, 0.05) is 18.5 Å². The molecule has 0 aromatic carbocycles. The summed E-state index contributed by atoms with van der Waals surface area (Å²) in [5.74, 6) is 0. The topological polar surface area (TPSA) is 54.0 Å². The standard InChI is InChI=1S/C12H16N4OS/c1-9-4-14-15-12(9)11-6-17-3-2-16(11)5-10-7-18-8-13-10/h4,7-8,11H,2-3,5-6H2,1H3,(H,14,15)/t11-/m1/s1. The van der Waals surface area contributed by atoms with E-state index in [4.69, 9.17) is 4.74 Å². The smallest absolute Gasteiger partial charge is 0.0795 e. The molecule has 5 nitrogen and oxygen atoms in total. The minimum absolute atomic E-state index is 0.253. The van der Waals surface area contributed by atoms with Crippen LogP contribution in [0.2, 0.25) is 0 Å². The summed E-state index contributed by atoms with van der Waals surface area (Å²) in [6.45, 7) is 5.38. The molecule has 0 saturated carbocycles. The lowest BCUT2D eigenvalue weighted by Gasteiger charge is -2.34. The van der Waals surface area contributed by atoms with E-state index in [1.54, 1.807) is 11.3 Å². The summed E-state index contributed by atoms with van der Waals surface area (Å²) in [7, 11) is 0. The molecule has 6 heteroatoms. The molecule has 1 N–H and O–H groups in total. The largest absolute Gasteiger partial charge is 0.378 e. The van der Waals surface area contributed by atoms with Crippen molar-refractivity contribution in [2.24, 2.45) is 0 Å². The molecule has 0 amide bonds. The first-order chi connectivity index (χ1) is 8.84. The van der Waals surface area contributed by atoms with Crippen LogP contribution in [-0.2, 0) is 11.3 Å². The minimum Gasteiger partial charge on any atom is -0.378 e. The van der Waals surface area contributed by atoms with Gasteiger partial charge in [0.15, 0.2) is 0 Å². The number of rotatable bonds is 3. The van der Waals surface area contributed by atoms with Crippen molar-refractivity contribution < 1.29 is 4.74 Å². The van der Waals surface area contributed by atoms with Crippen molar-refractivity contribution in [1.82, 2.24) is 20.1 Å². The fourth-order valence-electron chi connectivity index (χ4n) is 2.31. The second-order valence-corrected chi connectivity index (χ2v) is 5.23. The number of hydrogen-bond acceptors (Lipinski definition) is 5. The fraction of sp³-hybridized carbons (Fsp3) is 0.500. The van der Waals surface area contributed by atoms with Gasteiger partial charge in [-0.2, -0.15) is 5.10 Å². The molecular formula is C12H16N4OS. The molecule has 0 bridgehead atoms. The van der Waals surface area contributed by atoms with Gasteiger partial charge in [-0.1, -0.05) is 0 Å². The number of morpholine rings is 1. The first-order valence-corrected chi connectivity index (χ1v) is 6.97. The third-order valence-electron chi connectivity index (χ3n) is 3.29. The minimum atomic E-state index is 0.253. The average molecular weight is 264 g/mol. The van der Waals surface area contributed by atoms with Crippen LogP contribution in [0.25, 0.3) is 0 Å². The number of thiazole rings is 1. The van der Waals surface area contributed by atoms with Gasteiger partial charge in [-0.25, -0.2) is 4.98 Å². The zero-order chi connectivity index (χ0) is 12.4. The zero-order valence-corrected chi connectivity index (χ0v) is 11.1. The number of nitrogens with zero attached hydrogens (tertiary/aromatic N) is 3. The van der Waals surface area contributed by atoms with Crippen molar-refractivity contribution in [3.05, 3.63) is 34.0 Å². The van der Waals surface area contributed by atoms with E-state index in [2.05, 4.69) is 32.4 Å². The van der Waals surface area contributed by atoms with Crippen molar-refractivity contribution in [3.63, 3.8) is 0 Å². The Morgan fingerprint density at radius 2 is 2.56 bits per heavy atom. The van der Waals surface area contributed by atoms with Crippen LogP contribution < -0.4 is 0 Å². The molecule has 1 aliphatic heterocycles. The Labute approximate surface area is 110 Å². The number of ether oxygens (including phenoxy) is 1. The van der Waals surface area contributed by atoms with Crippen molar-refractivity contribution in [2.45, 2.75) is 19.5 Å². The molecule has 0 aliphatic carbocycles. The van der Waals surface area contributed by atoms with E-state index in [1.165, 1.54) is 5.56 Å². The van der Waals surface area contributed by atoms with Crippen molar-refractivity contribution in [3.8, 4) is 0 Å². The maximum atomic E-state index is 5.60. The van der Waals surface area contributed by atoms with Crippen LogP contribution in [0, 0.1) is 6.92 Å². The summed E-state index contributed by atoms with van der Waals surface area (Å²) in [6, 6.07) is 0.253. The van der Waals surface area contributed by atoms with E-state index in [0.29, 0.717) is 6.61 Å². The zero-order valence-electron chi connectivity index (χ0n) is 10.3. The molecule has 1 atom stereocenters. The molecule has 0 spiro atoms. The summed E-state index contributed by atoms with van der Waals surface area (Å²) >= 11 is 1.64. The summed E-state index contributed by atoms with van der Waals surface area (Å²) < 4.78 is 5.60. The second kappa shape index (κ2) is 5.17. The van der Waals surface area contributed by atoms with Crippen molar-refractivity contribution >= 4 is 11.3 Å². The summed E-state index contributed by atoms with van der Waals surface area (Å²) in [5.41, 5.74) is 5.36. The van der Waals surface area contributed by atoms with Gasteiger partial charge < -0.3 is 4.74 Å². The van der Waals surface area contributed by atoms with Crippen molar-refractivity contribution in [2.75, 3.05) is 19.8 Å². The van der Waals surface area contributed by atoms with Crippen LogP contribution in [0.3, 0.4) is 0 Å². The Bertz CT molecular complexity index is 496. The van der Waals surface area contributed by atoms with Gasteiger partial charge in [0.25, 0.3) is 0 Å². The molecule has 0 unspecified atom stereocenters. The lowest BCUT2D eigenvalue weighted by molar-refractivity contribution is -0.0149. The Kier molecular flexibility index (Phi) is 3.40. The molecule has 1 saturated heterocycles. The molecule has 3 heterocycles. The number of nitrogens with one attached hydrogen (secondary N) is 1. The normalized spacial score (nSPS) is 21.3. The molecular weight excluding hydrogens is 248 g/mol. The van der Waals surface area contributed by atoms with E-state index in [0.717, 1.165) is 31.1 Å². The third-order valence-corrected chi connectivity index (χ3v) is 3.92. The Morgan fingerprint density at radius 3 is 3.28 bits per heavy atom. The van der Waals surface area contributed by atoms with Crippen molar-refractivity contribution in [1.29, 1.82) is 0 Å². The predicted molar refractivity (Wildman–Crippen MR) is 69.4 cm³/mol. The molecule has 0 radical (unpaired) electrons. The summed E-state index contributed by atoms with van der Waals surface area (Å²) in [6.07, 6.45) is 1.87. The van der Waals surface area contributed by atoms with Crippen LogP contribution in [0.5, 0.6) is 0 Å². The average Bonchev–Trinajstić information content (AvgIpc) is 3.02. The van der Waals surface area contributed by atoms with Gasteiger partial charge >= 0.3 is 0 Å². The molecule has 96 valence electrons. The summed E-state index contributed by atoms with van der Waals surface area (Å²) in [4.78, 5) is 6.76. The van der Waals surface area contributed by atoms with Crippen LogP contribution in [-0.4, -0.2) is 39.8 Å². The lowest BCUT2D eigenvalue weighted by atomic mass is 10.1. The maximum absolute atomic E-state index is 5.60. The molecule has 3 rings (SSSR count). The third kappa shape index (κ3) is 2.31. The molecule has 18 heavy (non-hydrogen) atoms. The van der Waals surface area contributed by atoms with Gasteiger partial charge in [-0.15, -0.1) is 11.3 Å². The Morgan fingerprint density at radius 1 is 1.61 bits per heavy atom. The quantitative estimate of drug-likeness (QED) is 0.917. The van der Waals surface area contributed by atoms with E-state index in [9.17, 15) is 0 Å². The van der Waals surface area contributed by atoms with Gasteiger partial charge in [0.1, 0.15) is 0 Å². The first kappa shape index (κ1) is 11.8. The number of aromatic amines is 1. The highest BCUT2D eigenvalue weighted by molar-refractivity contribution is 7.07. The molecule has 2 aromatic rings. The van der Waals surface area contributed by atoms with Crippen LogP contribution in [0.1, 0.15) is 23.0 Å². The fourth-order valence-corrected chi connectivity index (χ4v) is 2.86. The Balaban J connectivity index is 1.80. The van der Waals surface area contributed by atoms with Gasteiger partial charge in [-0.05, 0) is 12.5 Å². The molecule has 1 aliphatic rings. The maximum Gasteiger partial charge on any atom is 0.0795 e. The highest BCUT2D eigenvalue weighted by Gasteiger charge is 2.27. The van der Waals surface area contributed by atoms with E-state index < -0.39 is 0 Å². The lowest BCUT2D eigenvalue weighted by Crippen LogP contribution is -2.39. The number of aryl methyl sites for hydroxylation is 1. The molecule has 2 aromatic heterocycles. The second-order valence-electron chi connectivity index (χ2n) is 4.51. The van der Waals surface area contributed by atoms with Gasteiger partial charge in [0.2, 0.25) is 0 Å². The summed E-state index contributed by atoms with van der Waals surface area (Å²) in [5, 5.41) is 9.31. The van der Waals surface area contributed by atoms with E-state index in [1.807, 2.05) is 11.7 Å². The SMILES string of the molecule is Cc1cn[nH]c1[C@H]1COCCN1Cc1cscn1. The highest BCUT2D eigenvalue weighted by atomic mass is 32.1. The van der Waals surface area contributed by atoms with Crippen LogP contribution in [0.15, 0.2) is 17.1 Å². The Hall–Kier alpha value is -1.24. The number of H-pyrrole nitrogens is 1. The van der Waals surface area contributed by atoms with Crippen LogP contribution in [0.4, 0.5) is 0 Å². The monoisotopic (exact) mass is 264 g/mol. The molecule has 1 fully saturated rings. The van der Waals surface area contributed by atoms with Gasteiger partial charge in [0.05, 0.1) is 42.4 Å². The van der Waals surface area contributed by atoms with Gasteiger partial charge in [-0.3, -0.25) is 10.00 Å². The number of aromatic nitrogens is 3. The number of hydrogen-bond donors (Lipinski definition) is 1. The first-order valence-electron chi connectivity index (χ1n) is 6.03. The highest BCUT2D eigenvalue weighted by Crippen LogP contribution is 2.26.